The van der Waals surface area contributed by atoms with Crippen molar-refractivity contribution in [3.63, 3.8) is 0 Å². The number of benzene rings is 1. The van der Waals surface area contributed by atoms with Crippen LogP contribution in [0.3, 0.4) is 0 Å². The van der Waals surface area contributed by atoms with E-state index in [1.165, 1.54) is 0 Å². The molecule has 0 amide bonds. The van der Waals surface area contributed by atoms with Crippen LogP contribution >= 0.6 is 0 Å². The average molecular weight is 202 g/mol. The van der Waals surface area contributed by atoms with Gasteiger partial charge in [0.25, 0.3) is 0 Å². The summed E-state index contributed by atoms with van der Waals surface area (Å²) in [4.78, 5) is 20.8. The molecular formula is C12H10O3. The van der Waals surface area contributed by atoms with E-state index in [1.54, 1.807) is 25.3 Å². The Morgan fingerprint density at radius 1 is 1.40 bits per heavy atom. The molecule has 0 N–H and O–H groups in total. The second-order valence-corrected chi connectivity index (χ2v) is 2.74. The summed E-state index contributed by atoms with van der Waals surface area (Å²) in [5.41, 5.74) is 1.07. The van der Waals surface area contributed by atoms with Gasteiger partial charge in [-0.1, -0.05) is 11.8 Å². The quantitative estimate of drug-likeness (QED) is 0.550. The van der Waals surface area contributed by atoms with E-state index in [9.17, 15) is 9.59 Å². The molecule has 0 spiro atoms. The molecule has 1 aromatic rings. The van der Waals surface area contributed by atoms with Crippen LogP contribution in [0.25, 0.3) is 0 Å². The molecule has 3 heteroatoms. The molecular weight excluding hydrogens is 192 g/mol. The number of aldehydes is 2. The molecule has 3 nitrogen and oxygen atoms in total. The summed E-state index contributed by atoms with van der Waals surface area (Å²) >= 11 is 0. The Morgan fingerprint density at radius 3 is 2.80 bits per heavy atom. The first-order chi connectivity index (χ1) is 7.31. The number of hydrogen-bond acceptors (Lipinski definition) is 3. The largest absolute Gasteiger partial charge is 0.497 e. The maximum absolute atomic E-state index is 10.7. The van der Waals surface area contributed by atoms with Gasteiger partial charge < -0.3 is 9.53 Å². The normalized spacial score (nSPS) is 8.60. The average Bonchev–Trinajstić information content (AvgIpc) is 2.29. The third kappa shape index (κ3) is 2.96. The van der Waals surface area contributed by atoms with E-state index in [2.05, 4.69) is 11.8 Å². The summed E-state index contributed by atoms with van der Waals surface area (Å²) in [6.45, 7) is 0. The van der Waals surface area contributed by atoms with Gasteiger partial charge in [0.05, 0.1) is 13.5 Å². The lowest BCUT2D eigenvalue weighted by Gasteiger charge is -2.01. The standard InChI is InChI=1S/C12H10O3/c1-15-12-6-5-11(9-14)10(8-12)4-2-3-7-13/h5-9H,3H2,1H3. The van der Waals surface area contributed by atoms with Crippen LogP contribution in [0.15, 0.2) is 18.2 Å². The second kappa shape index (κ2) is 5.61. The monoisotopic (exact) mass is 202 g/mol. The van der Waals surface area contributed by atoms with Crippen molar-refractivity contribution in [1.29, 1.82) is 0 Å². The molecule has 0 fully saturated rings. The summed E-state index contributed by atoms with van der Waals surface area (Å²) in [6, 6.07) is 4.99. The molecule has 0 aromatic heterocycles. The van der Waals surface area contributed by atoms with Crippen molar-refractivity contribution in [3.8, 4) is 17.6 Å². The van der Waals surface area contributed by atoms with Crippen LogP contribution in [0.2, 0.25) is 0 Å². The van der Waals surface area contributed by atoms with Gasteiger partial charge in [0, 0.05) is 11.1 Å². The number of rotatable bonds is 3. The summed E-state index contributed by atoms with van der Waals surface area (Å²) in [5.74, 6) is 6.03. The van der Waals surface area contributed by atoms with Crippen LogP contribution in [0.5, 0.6) is 5.75 Å². The number of carbonyl (C=O) groups excluding carboxylic acids is 2. The molecule has 0 aliphatic rings. The van der Waals surface area contributed by atoms with Crippen molar-refractivity contribution >= 4 is 12.6 Å². The minimum atomic E-state index is 0.162. The molecule has 0 heterocycles. The van der Waals surface area contributed by atoms with E-state index >= 15 is 0 Å². The fourth-order valence-electron chi connectivity index (χ4n) is 1.06. The van der Waals surface area contributed by atoms with Crippen molar-refractivity contribution < 1.29 is 14.3 Å². The highest BCUT2D eigenvalue weighted by Crippen LogP contribution is 2.15. The summed E-state index contributed by atoms with van der Waals surface area (Å²) < 4.78 is 5.01. The number of carbonyl (C=O) groups is 2. The minimum absolute atomic E-state index is 0.162. The van der Waals surface area contributed by atoms with Gasteiger partial charge in [-0.2, -0.15) is 0 Å². The maximum Gasteiger partial charge on any atom is 0.151 e. The number of hydrogen-bond donors (Lipinski definition) is 0. The first-order valence-corrected chi connectivity index (χ1v) is 4.37. The van der Waals surface area contributed by atoms with Crippen LogP contribution in [-0.4, -0.2) is 19.7 Å². The molecule has 0 radical (unpaired) electrons. The summed E-state index contributed by atoms with van der Waals surface area (Å²) in [7, 11) is 1.54. The predicted molar refractivity (Wildman–Crippen MR) is 55.9 cm³/mol. The van der Waals surface area contributed by atoms with E-state index in [0.717, 1.165) is 6.29 Å². The first-order valence-electron chi connectivity index (χ1n) is 4.37. The Bertz CT molecular complexity index is 424. The van der Waals surface area contributed by atoms with Gasteiger partial charge in [0.2, 0.25) is 0 Å². The van der Waals surface area contributed by atoms with Crippen molar-refractivity contribution in [1.82, 2.24) is 0 Å². The van der Waals surface area contributed by atoms with Gasteiger partial charge in [0.1, 0.15) is 12.0 Å². The van der Waals surface area contributed by atoms with Gasteiger partial charge >= 0.3 is 0 Å². The highest BCUT2D eigenvalue weighted by molar-refractivity contribution is 5.80. The van der Waals surface area contributed by atoms with E-state index in [1.807, 2.05) is 0 Å². The van der Waals surface area contributed by atoms with Crippen LogP contribution < -0.4 is 4.74 Å². The van der Waals surface area contributed by atoms with E-state index in [4.69, 9.17) is 4.74 Å². The van der Waals surface area contributed by atoms with Crippen molar-refractivity contribution in [3.05, 3.63) is 29.3 Å². The Kier molecular flexibility index (Phi) is 4.11. The van der Waals surface area contributed by atoms with Crippen LogP contribution in [0.1, 0.15) is 22.3 Å². The summed E-state index contributed by atoms with van der Waals surface area (Å²) in [5, 5.41) is 0. The lowest BCUT2D eigenvalue weighted by Crippen LogP contribution is -1.90. The molecule has 15 heavy (non-hydrogen) atoms. The fourth-order valence-corrected chi connectivity index (χ4v) is 1.06. The molecule has 0 aliphatic heterocycles. The Balaban J connectivity index is 3.07. The molecule has 0 aliphatic carbocycles. The van der Waals surface area contributed by atoms with Crippen LogP contribution in [0, 0.1) is 11.8 Å². The van der Waals surface area contributed by atoms with Gasteiger partial charge in [-0.25, -0.2) is 0 Å². The Labute approximate surface area is 88.1 Å². The minimum Gasteiger partial charge on any atom is -0.497 e. The van der Waals surface area contributed by atoms with Crippen molar-refractivity contribution in [2.24, 2.45) is 0 Å². The molecule has 1 aromatic carbocycles. The number of ether oxygens (including phenoxy) is 1. The molecule has 0 saturated heterocycles. The predicted octanol–water partition coefficient (Wildman–Crippen LogP) is 1.45. The van der Waals surface area contributed by atoms with E-state index < -0.39 is 0 Å². The molecule has 0 saturated carbocycles. The summed E-state index contributed by atoms with van der Waals surface area (Å²) in [6.07, 6.45) is 1.60. The first kappa shape index (κ1) is 11.0. The van der Waals surface area contributed by atoms with Gasteiger partial charge in [0.15, 0.2) is 6.29 Å². The molecule has 0 atom stereocenters. The van der Waals surface area contributed by atoms with Gasteiger partial charge in [-0.15, -0.1) is 0 Å². The molecule has 0 unspecified atom stereocenters. The zero-order valence-electron chi connectivity index (χ0n) is 8.32. The van der Waals surface area contributed by atoms with E-state index in [0.29, 0.717) is 23.2 Å². The van der Waals surface area contributed by atoms with Gasteiger partial charge in [-0.3, -0.25) is 4.79 Å². The topological polar surface area (TPSA) is 43.4 Å². The fraction of sp³-hybridized carbons (Fsp3) is 0.167. The van der Waals surface area contributed by atoms with Crippen molar-refractivity contribution in [2.45, 2.75) is 6.42 Å². The lowest BCUT2D eigenvalue weighted by molar-refractivity contribution is -0.107. The van der Waals surface area contributed by atoms with Gasteiger partial charge in [-0.05, 0) is 18.2 Å². The zero-order valence-corrected chi connectivity index (χ0v) is 8.32. The molecule has 1 rings (SSSR count). The highest BCUT2D eigenvalue weighted by Gasteiger charge is 2.00. The van der Waals surface area contributed by atoms with E-state index in [-0.39, 0.29) is 6.42 Å². The highest BCUT2D eigenvalue weighted by atomic mass is 16.5. The molecule has 0 bridgehead atoms. The number of methoxy groups -OCH3 is 1. The zero-order chi connectivity index (χ0) is 11.1. The van der Waals surface area contributed by atoms with Crippen molar-refractivity contribution in [2.75, 3.05) is 7.11 Å². The van der Waals surface area contributed by atoms with Crippen LogP contribution in [0.4, 0.5) is 0 Å². The smallest absolute Gasteiger partial charge is 0.151 e. The lowest BCUT2D eigenvalue weighted by atomic mass is 10.1. The second-order valence-electron chi connectivity index (χ2n) is 2.74. The maximum atomic E-state index is 10.7. The SMILES string of the molecule is COc1ccc(C=O)c(C#CCC=O)c1. The molecule has 76 valence electrons. The Morgan fingerprint density at radius 2 is 2.20 bits per heavy atom. The Hall–Kier alpha value is -2.08. The van der Waals surface area contributed by atoms with Crippen LogP contribution in [-0.2, 0) is 4.79 Å². The third-order valence-corrected chi connectivity index (χ3v) is 1.80. The third-order valence-electron chi connectivity index (χ3n) is 1.80.